The molecule has 0 bridgehead atoms. The third kappa shape index (κ3) is 7.28. The first kappa shape index (κ1) is 25.8. The monoisotopic (exact) mass is 548 g/mol. The van der Waals surface area contributed by atoms with Gasteiger partial charge in [-0.15, -0.1) is 0 Å². The topological polar surface area (TPSA) is 58.6 Å². The molecule has 5 nitrogen and oxygen atoms in total. The average Bonchev–Trinajstić information content (AvgIpc) is 2.68. The third-order valence-corrected chi connectivity index (χ3v) is 6.02. The number of hydrogen-bond acceptors (Lipinski definition) is 3. The minimum atomic E-state index is -0.709. The van der Waals surface area contributed by atoms with Crippen molar-refractivity contribution >= 4 is 62.5 Å². The SMILES string of the molecule is CC[C@@H](C(=O)NC(C)C)N(Cc1c(Cl)cccc1Cl)C(=O)COc1ccc(Cl)cc1Br. The number of hydrogen-bond donors (Lipinski definition) is 1. The van der Waals surface area contributed by atoms with Crippen LogP contribution < -0.4 is 10.1 Å². The van der Waals surface area contributed by atoms with Gasteiger partial charge in [0.1, 0.15) is 11.8 Å². The molecule has 9 heteroatoms. The van der Waals surface area contributed by atoms with Gasteiger partial charge in [-0.1, -0.05) is 47.8 Å². The number of nitrogens with zero attached hydrogens (tertiary/aromatic N) is 1. The van der Waals surface area contributed by atoms with Crippen molar-refractivity contribution in [3.8, 4) is 5.75 Å². The van der Waals surface area contributed by atoms with Gasteiger partial charge in [-0.2, -0.15) is 0 Å². The molecule has 2 aromatic carbocycles. The van der Waals surface area contributed by atoms with Crippen LogP contribution in [0.3, 0.4) is 0 Å². The normalized spacial score (nSPS) is 11.9. The molecule has 0 saturated carbocycles. The second kappa shape index (κ2) is 12.0. The van der Waals surface area contributed by atoms with Gasteiger partial charge < -0.3 is 15.0 Å². The average molecular weight is 551 g/mol. The van der Waals surface area contributed by atoms with E-state index in [1.807, 2.05) is 20.8 Å². The summed E-state index contributed by atoms with van der Waals surface area (Å²) in [7, 11) is 0. The van der Waals surface area contributed by atoms with Crippen LogP contribution in [0.2, 0.25) is 15.1 Å². The first-order valence-electron chi connectivity index (χ1n) is 9.74. The highest BCUT2D eigenvalue weighted by Crippen LogP contribution is 2.29. The van der Waals surface area contributed by atoms with Crippen molar-refractivity contribution in [1.82, 2.24) is 10.2 Å². The Balaban J connectivity index is 2.30. The number of carbonyl (C=O) groups is 2. The maximum Gasteiger partial charge on any atom is 0.261 e. The van der Waals surface area contributed by atoms with Crippen molar-refractivity contribution in [2.45, 2.75) is 45.8 Å². The van der Waals surface area contributed by atoms with Crippen molar-refractivity contribution in [2.24, 2.45) is 0 Å². The summed E-state index contributed by atoms with van der Waals surface area (Å²) < 4.78 is 6.32. The molecule has 168 valence electrons. The molecule has 2 amide bonds. The highest BCUT2D eigenvalue weighted by Gasteiger charge is 2.30. The lowest BCUT2D eigenvalue weighted by Gasteiger charge is -2.31. The molecule has 0 aliphatic carbocycles. The second-order valence-electron chi connectivity index (χ2n) is 7.17. The summed E-state index contributed by atoms with van der Waals surface area (Å²) in [4.78, 5) is 27.5. The number of rotatable bonds is 9. The highest BCUT2D eigenvalue weighted by atomic mass is 79.9. The molecule has 0 radical (unpaired) electrons. The van der Waals surface area contributed by atoms with Crippen LogP contribution in [0.25, 0.3) is 0 Å². The van der Waals surface area contributed by atoms with E-state index in [9.17, 15) is 9.59 Å². The molecule has 0 heterocycles. The zero-order valence-corrected chi connectivity index (χ0v) is 21.3. The Bertz CT molecular complexity index is 920. The smallest absolute Gasteiger partial charge is 0.261 e. The van der Waals surface area contributed by atoms with Crippen LogP contribution in [0.1, 0.15) is 32.8 Å². The molecule has 2 rings (SSSR count). The molecule has 1 atom stereocenters. The second-order valence-corrected chi connectivity index (χ2v) is 9.28. The molecular weight excluding hydrogens is 527 g/mol. The zero-order chi connectivity index (χ0) is 23.1. The fourth-order valence-electron chi connectivity index (χ4n) is 2.97. The Hall–Kier alpha value is -1.47. The minimum Gasteiger partial charge on any atom is -0.483 e. The molecule has 0 unspecified atom stereocenters. The van der Waals surface area contributed by atoms with Gasteiger partial charge >= 0.3 is 0 Å². The van der Waals surface area contributed by atoms with E-state index in [0.717, 1.165) is 0 Å². The van der Waals surface area contributed by atoms with Gasteiger partial charge in [0.25, 0.3) is 5.91 Å². The van der Waals surface area contributed by atoms with Crippen LogP contribution in [0.5, 0.6) is 5.75 Å². The van der Waals surface area contributed by atoms with Gasteiger partial charge in [0, 0.05) is 33.2 Å². The van der Waals surface area contributed by atoms with Crippen molar-refractivity contribution in [2.75, 3.05) is 6.61 Å². The van der Waals surface area contributed by atoms with Crippen LogP contribution in [-0.4, -0.2) is 35.4 Å². The Labute approximate surface area is 206 Å². The van der Waals surface area contributed by atoms with E-state index in [-0.39, 0.29) is 31.0 Å². The summed E-state index contributed by atoms with van der Waals surface area (Å²) in [6.45, 7) is 5.38. The summed E-state index contributed by atoms with van der Waals surface area (Å²) in [5, 5.41) is 4.25. The number of carbonyl (C=O) groups excluding carboxylic acids is 2. The lowest BCUT2D eigenvalue weighted by molar-refractivity contribution is -0.143. The summed E-state index contributed by atoms with van der Waals surface area (Å²) in [6, 6.07) is 9.35. The quantitative estimate of drug-likeness (QED) is 0.409. The summed E-state index contributed by atoms with van der Waals surface area (Å²) >= 11 is 22.0. The third-order valence-electron chi connectivity index (χ3n) is 4.45. The molecule has 0 spiro atoms. The predicted molar refractivity (Wildman–Crippen MR) is 129 cm³/mol. The van der Waals surface area contributed by atoms with Gasteiger partial charge in [-0.3, -0.25) is 9.59 Å². The van der Waals surface area contributed by atoms with Crippen LogP contribution >= 0.6 is 50.7 Å². The maximum absolute atomic E-state index is 13.2. The largest absolute Gasteiger partial charge is 0.483 e. The number of amides is 2. The Morgan fingerprint density at radius 1 is 1.13 bits per heavy atom. The fourth-order valence-corrected chi connectivity index (χ4v) is 4.28. The van der Waals surface area contributed by atoms with E-state index in [1.54, 1.807) is 36.4 Å². The molecule has 0 fully saturated rings. The van der Waals surface area contributed by atoms with Gasteiger partial charge in [-0.25, -0.2) is 0 Å². The first-order valence-corrected chi connectivity index (χ1v) is 11.7. The van der Waals surface area contributed by atoms with Crippen molar-refractivity contribution in [3.63, 3.8) is 0 Å². The number of benzene rings is 2. The summed E-state index contributed by atoms with van der Waals surface area (Å²) in [5.74, 6) is -0.154. The van der Waals surface area contributed by atoms with E-state index >= 15 is 0 Å². The van der Waals surface area contributed by atoms with Crippen molar-refractivity contribution in [3.05, 3.63) is 61.5 Å². The standard InChI is InChI=1S/C22H24BrCl3N2O3/c1-4-19(22(30)27-13(2)3)28(11-15-17(25)6-5-7-18(15)26)21(29)12-31-20-9-8-14(24)10-16(20)23/h5-10,13,19H,4,11-12H2,1-3H3,(H,27,30)/t19-/m0/s1. The van der Waals surface area contributed by atoms with Gasteiger partial charge in [0.2, 0.25) is 5.91 Å². The Morgan fingerprint density at radius 2 is 1.77 bits per heavy atom. The van der Waals surface area contributed by atoms with E-state index in [2.05, 4.69) is 21.2 Å². The predicted octanol–water partition coefficient (Wildman–Crippen LogP) is 6.12. The number of halogens is 4. The highest BCUT2D eigenvalue weighted by molar-refractivity contribution is 9.10. The minimum absolute atomic E-state index is 0.0660. The zero-order valence-electron chi connectivity index (χ0n) is 17.4. The van der Waals surface area contributed by atoms with Gasteiger partial charge in [0.05, 0.1) is 4.47 Å². The van der Waals surface area contributed by atoms with Crippen LogP contribution in [0.15, 0.2) is 40.9 Å². The number of ether oxygens (including phenoxy) is 1. The molecule has 0 aromatic heterocycles. The van der Waals surface area contributed by atoms with E-state index in [0.29, 0.717) is 37.3 Å². The van der Waals surface area contributed by atoms with E-state index in [1.165, 1.54) is 4.90 Å². The maximum atomic E-state index is 13.2. The molecule has 0 saturated heterocycles. The van der Waals surface area contributed by atoms with E-state index < -0.39 is 6.04 Å². The van der Waals surface area contributed by atoms with E-state index in [4.69, 9.17) is 39.5 Å². The Kier molecular flexibility index (Phi) is 9.94. The Morgan fingerprint density at radius 3 is 2.32 bits per heavy atom. The van der Waals surface area contributed by atoms with Gasteiger partial charge in [-0.05, 0) is 66.5 Å². The summed E-state index contributed by atoms with van der Waals surface area (Å²) in [5.41, 5.74) is 0.572. The fraction of sp³-hybridized carbons (Fsp3) is 0.364. The molecule has 31 heavy (non-hydrogen) atoms. The summed E-state index contributed by atoms with van der Waals surface area (Å²) in [6.07, 6.45) is 0.414. The van der Waals surface area contributed by atoms with Crippen molar-refractivity contribution < 1.29 is 14.3 Å². The lowest BCUT2D eigenvalue weighted by Crippen LogP contribution is -2.51. The first-order chi connectivity index (χ1) is 14.6. The number of nitrogens with one attached hydrogen (secondary N) is 1. The molecule has 0 aliphatic rings. The van der Waals surface area contributed by atoms with Crippen LogP contribution in [0.4, 0.5) is 0 Å². The van der Waals surface area contributed by atoms with Gasteiger partial charge in [0.15, 0.2) is 6.61 Å². The lowest BCUT2D eigenvalue weighted by atomic mass is 10.1. The van der Waals surface area contributed by atoms with Crippen LogP contribution in [0, 0.1) is 0 Å². The molecule has 1 N–H and O–H groups in total. The molecule has 0 aliphatic heterocycles. The molecular formula is C22H24BrCl3N2O3. The van der Waals surface area contributed by atoms with Crippen LogP contribution in [-0.2, 0) is 16.1 Å². The molecule has 2 aromatic rings. The van der Waals surface area contributed by atoms with Crippen molar-refractivity contribution in [1.29, 1.82) is 0 Å².